The van der Waals surface area contributed by atoms with Gasteiger partial charge in [-0.1, -0.05) is 0 Å². The minimum Gasteiger partial charge on any atom is -0.449 e. The van der Waals surface area contributed by atoms with Crippen LogP contribution in [0.4, 0.5) is 0 Å². The summed E-state index contributed by atoms with van der Waals surface area (Å²) in [5.74, 6) is 0. The number of hydrogen-bond donors (Lipinski definition) is 0. The molecule has 2 aromatic rings. The Hall–Kier alpha value is -0.100. The van der Waals surface area contributed by atoms with E-state index in [0.717, 1.165) is 19.2 Å². The zero-order valence-electron chi connectivity index (χ0n) is 5.34. The van der Waals surface area contributed by atoms with Crippen molar-refractivity contribution < 1.29 is 4.42 Å². The molecule has 0 unspecified atom stereocenters. The molecule has 11 heavy (non-hydrogen) atoms. The lowest BCUT2D eigenvalue weighted by atomic mass is 10.3. The normalized spacial score (nSPS) is 10.7. The first kappa shape index (κ1) is 7.54. The Morgan fingerprint density at radius 2 is 2.36 bits per heavy atom. The second-order valence-corrected chi connectivity index (χ2v) is 3.83. The van der Waals surface area contributed by atoms with E-state index in [2.05, 4.69) is 43.5 Å². The van der Waals surface area contributed by atoms with E-state index in [1.807, 2.05) is 6.07 Å². The van der Waals surface area contributed by atoms with Crippen molar-refractivity contribution in [3.8, 4) is 0 Å². The topological polar surface area (TPSA) is 26.0 Å². The molecule has 4 heteroatoms. The van der Waals surface area contributed by atoms with E-state index >= 15 is 0 Å². The molecule has 0 aliphatic carbocycles. The average Bonchev–Trinajstić information content (AvgIpc) is 2.30. The molecule has 56 valence electrons. The monoisotopic (exact) mass is 323 g/mol. The van der Waals surface area contributed by atoms with Crippen molar-refractivity contribution in [2.75, 3.05) is 0 Å². The Balaban J connectivity index is 2.92. The van der Waals surface area contributed by atoms with Crippen LogP contribution in [0.3, 0.4) is 0 Å². The van der Waals surface area contributed by atoms with Gasteiger partial charge in [0.1, 0.15) is 5.58 Å². The molecule has 0 aliphatic rings. The molecule has 0 aromatic carbocycles. The third-order valence-electron chi connectivity index (χ3n) is 1.39. The SMILES string of the molecule is Brc1c(I)oc2ccncc12. The molecule has 0 aliphatic heterocycles. The van der Waals surface area contributed by atoms with Crippen molar-refractivity contribution in [1.29, 1.82) is 0 Å². The number of pyridine rings is 1. The predicted molar refractivity (Wildman–Crippen MR) is 54.4 cm³/mol. The van der Waals surface area contributed by atoms with E-state index < -0.39 is 0 Å². The van der Waals surface area contributed by atoms with Crippen molar-refractivity contribution >= 4 is 49.5 Å². The smallest absolute Gasteiger partial charge is 0.179 e. The Labute approximate surface area is 85.3 Å². The molecule has 0 saturated heterocycles. The fourth-order valence-electron chi connectivity index (χ4n) is 0.883. The molecule has 2 aromatic heterocycles. The Kier molecular flexibility index (Phi) is 1.88. The maximum absolute atomic E-state index is 5.40. The summed E-state index contributed by atoms with van der Waals surface area (Å²) in [5.41, 5.74) is 0.872. The van der Waals surface area contributed by atoms with Crippen molar-refractivity contribution in [3.63, 3.8) is 0 Å². The summed E-state index contributed by atoms with van der Waals surface area (Å²) in [6, 6.07) is 1.85. The van der Waals surface area contributed by atoms with Crippen LogP contribution in [0.25, 0.3) is 11.0 Å². The van der Waals surface area contributed by atoms with Gasteiger partial charge in [0.15, 0.2) is 3.77 Å². The Morgan fingerprint density at radius 3 is 3.09 bits per heavy atom. The van der Waals surface area contributed by atoms with Crippen LogP contribution in [0, 0.1) is 3.77 Å². The average molecular weight is 324 g/mol. The molecular formula is C7H3BrINO. The van der Waals surface area contributed by atoms with Crippen LogP contribution in [0.1, 0.15) is 0 Å². The van der Waals surface area contributed by atoms with E-state index in [0.29, 0.717) is 0 Å². The predicted octanol–water partition coefficient (Wildman–Crippen LogP) is 3.19. The van der Waals surface area contributed by atoms with Crippen molar-refractivity contribution in [2.45, 2.75) is 0 Å². The lowest BCUT2D eigenvalue weighted by Gasteiger charge is -1.83. The third-order valence-corrected chi connectivity index (χ3v) is 3.68. The fourth-order valence-corrected chi connectivity index (χ4v) is 1.79. The lowest BCUT2D eigenvalue weighted by Crippen LogP contribution is -1.67. The zero-order valence-corrected chi connectivity index (χ0v) is 9.09. The maximum Gasteiger partial charge on any atom is 0.179 e. The highest BCUT2D eigenvalue weighted by molar-refractivity contribution is 14.1. The summed E-state index contributed by atoms with van der Waals surface area (Å²) in [6.45, 7) is 0. The molecule has 2 heterocycles. The molecule has 0 fully saturated rings. The molecule has 2 rings (SSSR count). The lowest BCUT2D eigenvalue weighted by molar-refractivity contribution is 0.581. The quantitative estimate of drug-likeness (QED) is 0.696. The van der Waals surface area contributed by atoms with Gasteiger partial charge in [-0.2, -0.15) is 0 Å². The summed E-state index contributed by atoms with van der Waals surface area (Å²) in [6.07, 6.45) is 3.50. The van der Waals surface area contributed by atoms with Gasteiger partial charge in [0.2, 0.25) is 0 Å². The first-order valence-electron chi connectivity index (χ1n) is 2.96. The first-order valence-corrected chi connectivity index (χ1v) is 4.84. The second kappa shape index (κ2) is 2.75. The van der Waals surface area contributed by atoms with Crippen LogP contribution in [-0.4, -0.2) is 4.98 Å². The number of furan rings is 1. The number of nitrogens with zero attached hydrogens (tertiary/aromatic N) is 1. The summed E-state index contributed by atoms with van der Waals surface area (Å²) >= 11 is 5.55. The van der Waals surface area contributed by atoms with Crippen LogP contribution in [0.15, 0.2) is 27.3 Å². The minimum atomic E-state index is 0.866. The maximum atomic E-state index is 5.40. The van der Waals surface area contributed by atoms with Crippen LogP contribution >= 0.6 is 38.5 Å². The van der Waals surface area contributed by atoms with Crippen molar-refractivity contribution in [3.05, 3.63) is 26.7 Å². The molecule has 0 N–H and O–H groups in total. The minimum absolute atomic E-state index is 0.866. The van der Waals surface area contributed by atoms with Gasteiger partial charge in [-0.25, -0.2) is 0 Å². The molecule has 0 saturated carbocycles. The van der Waals surface area contributed by atoms with Crippen LogP contribution in [0.2, 0.25) is 0 Å². The van der Waals surface area contributed by atoms with E-state index in [9.17, 15) is 0 Å². The molecule has 0 radical (unpaired) electrons. The largest absolute Gasteiger partial charge is 0.449 e. The van der Waals surface area contributed by atoms with Gasteiger partial charge in [-0.15, -0.1) is 0 Å². The van der Waals surface area contributed by atoms with Crippen LogP contribution in [-0.2, 0) is 0 Å². The van der Waals surface area contributed by atoms with Gasteiger partial charge in [0.25, 0.3) is 0 Å². The third kappa shape index (κ3) is 1.18. The summed E-state index contributed by atoms with van der Waals surface area (Å²) in [4.78, 5) is 3.99. The standard InChI is InChI=1S/C7H3BrINO/c8-6-4-3-10-2-1-5(4)11-7(6)9/h1-3H. The second-order valence-electron chi connectivity index (χ2n) is 2.06. The summed E-state index contributed by atoms with van der Waals surface area (Å²) in [7, 11) is 0. The van der Waals surface area contributed by atoms with Gasteiger partial charge in [-0.3, -0.25) is 4.98 Å². The van der Waals surface area contributed by atoms with E-state index in [-0.39, 0.29) is 0 Å². The molecule has 2 nitrogen and oxygen atoms in total. The first-order chi connectivity index (χ1) is 5.29. The van der Waals surface area contributed by atoms with E-state index in [4.69, 9.17) is 4.42 Å². The number of halogens is 2. The molecule has 0 bridgehead atoms. The van der Waals surface area contributed by atoms with Crippen molar-refractivity contribution in [2.24, 2.45) is 0 Å². The van der Waals surface area contributed by atoms with Crippen molar-refractivity contribution in [1.82, 2.24) is 4.98 Å². The van der Waals surface area contributed by atoms with Gasteiger partial charge >= 0.3 is 0 Å². The van der Waals surface area contributed by atoms with E-state index in [1.165, 1.54) is 0 Å². The Bertz CT molecular complexity index is 398. The van der Waals surface area contributed by atoms with Gasteiger partial charge < -0.3 is 4.42 Å². The number of aromatic nitrogens is 1. The summed E-state index contributed by atoms with van der Waals surface area (Å²) in [5, 5.41) is 1.02. The highest BCUT2D eigenvalue weighted by Crippen LogP contribution is 2.30. The molecule has 0 spiro atoms. The fraction of sp³-hybridized carbons (Fsp3) is 0. The molecular weight excluding hydrogens is 321 g/mol. The number of rotatable bonds is 0. The van der Waals surface area contributed by atoms with Gasteiger partial charge in [-0.05, 0) is 22.0 Å². The highest BCUT2D eigenvalue weighted by atomic mass is 127. The van der Waals surface area contributed by atoms with E-state index in [1.54, 1.807) is 12.4 Å². The van der Waals surface area contributed by atoms with Crippen LogP contribution < -0.4 is 0 Å². The van der Waals surface area contributed by atoms with Crippen LogP contribution in [0.5, 0.6) is 0 Å². The highest BCUT2D eigenvalue weighted by Gasteiger charge is 2.07. The zero-order chi connectivity index (χ0) is 7.84. The molecule has 0 amide bonds. The van der Waals surface area contributed by atoms with Gasteiger partial charge in [0, 0.05) is 35.0 Å². The number of hydrogen-bond acceptors (Lipinski definition) is 2. The number of fused-ring (bicyclic) bond motifs is 1. The van der Waals surface area contributed by atoms with Gasteiger partial charge in [0.05, 0.1) is 9.86 Å². The summed E-state index contributed by atoms with van der Waals surface area (Å²) < 4.78 is 7.25. The Morgan fingerprint density at radius 1 is 1.55 bits per heavy atom. The molecule has 0 atom stereocenters.